The van der Waals surface area contributed by atoms with Gasteiger partial charge in [0.25, 0.3) is 5.91 Å². The number of halogens is 1. The average Bonchev–Trinajstić information content (AvgIpc) is 2.62. The van der Waals surface area contributed by atoms with Gasteiger partial charge in [-0.25, -0.2) is 0 Å². The molecule has 0 aromatic heterocycles. The minimum atomic E-state index is -0.252. The molecular weight excluding hydrogens is 473 g/mol. The van der Waals surface area contributed by atoms with Gasteiger partial charge < -0.3 is 10.2 Å². The fourth-order valence-electron chi connectivity index (χ4n) is 2.35. The summed E-state index contributed by atoms with van der Waals surface area (Å²) in [4.78, 5) is 25.6. The van der Waals surface area contributed by atoms with E-state index < -0.39 is 0 Å². The SMILES string of the molecule is Cc1ccc(C(=O)NC(=S)Nc2cccc(CCC(=O)N(C)C)c2)cc1I. The number of nitrogens with zero attached hydrogens (tertiary/aromatic N) is 1. The van der Waals surface area contributed by atoms with Crippen LogP contribution < -0.4 is 10.6 Å². The van der Waals surface area contributed by atoms with Crippen molar-refractivity contribution in [1.82, 2.24) is 10.2 Å². The van der Waals surface area contributed by atoms with Gasteiger partial charge in [-0.1, -0.05) is 18.2 Å². The van der Waals surface area contributed by atoms with Crippen LogP contribution in [0.5, 0.6) is 0 Å². The van der Waals surface area contributed by atoms with Gasteiger partial charge in [0, 0.05) is 35.3 Å². The van der Waals surface area contributed by atoms with Gasteiger partial charge >= 0.3 is 0 Å². The molecular formula is C20H22IN3O2S. The zero-order valence-corrected chi connectivity index (χ0v) is 18.5. The fourth-order valence-corrected chi connectivity index (χ4v) is 3.08. The fraction of sp³-hybridized carbons (Fsp3) is 0.250. The number of aryl methyl sites for hydroxylation is 2. The first-order chi connectivity index (χ1) is 12.8. The van der Waals surface area contributed by atoms with Crippen molar-refractivity contribution in [1.29, 1.82) is 0 Å². The second kappa shape index (κ2) is 9.80. The molecule has 2 rings (SSSR count). The molecule has 0 unspecified atom stereocenters. The highest BCUT2D eigenvalue weighted by atomic mass is 127. The number of thiocarbonyl (C=S) groups is 1. The molecule has 0 heterocycles. The third-order valence-corrected chi connectivity index (χ3v) is 5.34. The molecule has 0 saturated carbocycles. The molecule has 142 valence electrons. The van der Waals surface area contributed by atoms with Gasteiger partial charge in [-0.15, -0.1) is 0 Å². The Morgan fingerprint density at radius 2 is 1.89 bits per heavy atom. The van der Waals surface area contributed by atoms with Crippen molar-refractivity contribution in [2.24, 2.45) is 0 Å². The van der Waals surface area contributed by atoms with Gasteiger partial charge in [0.05, 0.1) is 0 Å². The zero-order valence-electron chi connectivity index (χ0n) is 15.5. The number of hydrogen-bond acceptors (Lipinski definition) is 3. The molecule has 0 radical (unpaired) electrons. The molecule has 2 amide bonds. The summed E-state index contributed by atoms with van der Waals surface area (Å²) >= 11 is 7.45. The highest BCUT2D eigenvalue weighted by Crippen LogP contribution is 2.14. The smallest absolute Gasteiger partial charge is 0.257 e. The lowest BCUT2D eigenvalue weighted by molar-refractivity contribution is -0.128. The third kappa shape index (κ3) is 6.59. The summed E-state index contributed by atoms with van der Waals surface area (Å²) in [5.74, 6) is -0.165. The van der Waals surface area contributed by atoms with E-state index in [0.29, 0.717) is 18.4 Å². The number of nitrogens with one attached hydrogen (secondary N) is 2. The molecule has 0 aliphatic heterocycles. The quantitative estimate of drug-likeness (QED) is 0.490. The Hall–Kier alpha value is -2.00. The van der Waals surface area contributed by atoms with Crippen LogP contribution in [0.2, 0.25) is 0 Å². The van der Waals surface area contributed by atoms with Crippen LogP contribution in [0.3, 0.4) is 0 Å². The summed E-state index contributed by atoms with van der Waals surface area (Å²) in [6.07, 6.45) is 1.09. The van der Waals surface area contributed by atoms with Crippen LogP contribution >= 0.6 is 34.8 Å². The van der Waals surface area contributed by atoms with E-state index in [1.807, 2.05) is 43.3 Å². The van der Waals surface area contributed by atoms with E-state index in [0.717, 1.165) is 20.4 Å². The first-order valence-corrected chi connectivity index (χ1v) is 9.92. The lowest BCUT2D eigenvalue weighted by Crippen LogP contribution is -2.34. The van der Waals surface area contributed by atoms with Crippen molar-refractivity contribution in [2.45, 2.75) is 19.8 Å². The number of anilines is 1. The molecule has 2 aromatic carbocycles. The van der Waals surface area contributed by atoms with E-state index in [1.54, 1.807) is 25.1 Å². The number of rotatable bonds is 5. The molecule has 0 saturated heterocycles. The van der Waals surface area contributed by atoms with Gasteiger partial charge in [0.2, 0.25) is 5.91 Å². The van der Waals surface area contributed by atoms with E-state index in [-0.39, 0.29) is 16.9 Å². The Bertz CT molecular complexity index is 868. The zero-order chi connectivity index (χ0) is 20.0. The van der Waals surface area contributed by atoms with E-state index in [1.165, 1.54) is 0 Å². The summed E-state index contributed by atoms with van der Waals surface area (Å²) in [6.45, 7) is 1.99. The van der Waals surface area contributed by atoms with E-state index >= 15 is 0 Å². The monoisotopic (exact) mass is 495 g/mol. The molecule has 0 spiro atoms. The standard InChI is InChI=1S/C20H22IN3O2S/c1-13-7-9-15(12-17(13)21)19(26)23-20(27)22-16-6-4-5-14(11-16)8-10-18(25)24(2)3/h4-7,9,11-12H,8,10H2,1-3H3,(H2,22,23,26,27). The second-order valence-corrected chi connectivity index (χ2v) is 7.93. The third-order valence-electron chi connectivity index (χ3n) is 3.97. The van der Waals surface area contributed by atoms with Gasteiger partial charge in [-0.2, -0.15) is 0 Å². The molecule has 5 nitrogen and oxygen atoms in total. The van der Waals surface area contributed by atoms with Crippen LogP contribution in [0.4, 0.5) is 5.69 Å². The van der Waals surface area contributed by atoms with Gasteiger partial charge in [0.15, 0.2) is 5.11 Å². The Labute approximate surface area is 178 Å². The molecule has 0 aliphatic carbocycles. The van der Waals surface area contributed by atoms with Crippen LogP contribution in [-0.4, -0.2) is 35.9 Å². The van der Waals surface area contributed by atoms with Crippen molar-refractivity contribution >= 4 is 57.4 Å². The van der Waals surface area contributed by atoms with Crippen molar-refractivity contribution in [3.63, 3.8) is 0 Å². The minimum absolute atomic E-state index is 0.0869. The first kappa shape index (κ1) is 21.3. The Morgan fingerprint density at radius 3 is 2.56 bits per heavy atom. The predicted molar refractivity (Wildman–Crippen MR) is 121 cm³/mol. The summed E-state index contributed by atoms with van der Waals surface area (Å²) in [5.41, 5.74) is 3.48. The van der Waals surface area contributed by atoms with Gasteiger partial charge in [-0.05, 0) is 83.5 Å². The molecule has 2 aromatic rings. The Balaban J connectivity index is 1.95. The Morgan fingerprint density at radius 1 is 1.15 bits per heavy atom. The van der Waals surface area contributed by atoms with Crippen LogP contribution in [0, 0.1) is 10.5 Å². The van der Waals surface area contributed by atoms with Crippen LogP contribution in [0.25, 0.3) is 0 Å². The number of carbonyl (C=O) groups is 2. The van der Waals surface area contributed by atoms with Crippen molar-refractivity contribution in [3.05, 3.63) is 62.7 Å². The van der Waals surface area contributed by atoms with Crippen molar-refractivity contribution in [2.75, 3.05) is 19.4 Å². The first-order valence-electron chi connectivity index (χ1n) is 8.44. The maximum absolute atomic E-state index is 12.3. The second-order valence-electron chi connectivity index (χ2n) is 6.36. The number of hydrogen-bond donors (Lipinski definition) is 2. The molecule has 0 fully saturated rings. The topological polar surface area (TPSA) is 61.4 Å². The molecule has 0 atom stereocenters. The summed E-state index contributed by atoms with van der Waals surface area (Å²) in [6, 6.07) is 13.2. The minimum Gasteiger partial charge on any atom is -0.349 e. The van der Waals surface area contributed by atoms with Gasteiger partial charge in [-0.3, -0.25) is 14.9 Å². The lowest BCUT2D eigenvalue weighted by atomic mass is 10.1. The molecule has 7 heteroatoms. The summed E-state index contributed by atoms with van der Waals surface area (Å²) in [5, 5.41) is 5.95. The van der Waals surface area contributed by atoms with Crippen molar-refractivity contribution in [3.8, 4) is 0 Å². The number of carbonyl (C=O) groups excluding carboxylic acids is 2. The van der Waals surface area contributed by atoms with E-state index in [2.05, 4.69) is 33.2 Å². The van der Waals surface area contributed by atoms with Crippen LogP contribution in [0.1, 0.15) is 27.9 Å². The maximum atomic E-state index is 12.3. The van der Waals surface area contributed by atoms with Gasteiger partial charge in [0.1, 0.15) is 0 Å². The van der Waals surface area contributed by atoms with Crippen molar-refractivity contribution < 1.29 is 9.59 Å². The summed E-state index contributed by atoms with van der Waals surface area (Å²) in [7, 11) is 3.49. The predicted octanol–water partition coefficient (Wildman–Crippen LogP) is 3.75. The van der Waals surface area contributed by atoms with Crippen LogP contribution in [0.15, 0.2) is 42.5 Å². The normalized spacial score (nSPS) is 10.2. The summed E-state index contributed by atoms with van der Waals surface area (Å²) < 4.78 is 1.03. The highest BCUT2D eigenvalue weighted by molar-refractivity contribution is 14.1. The average molecular weight is 495 g/mol. The molecule has 2 N–H and O–H groups in total. The molecule has 27 heavy (non-hydrogen) atoms. The molecule has 0 bridgehead atoms. The van der Waals surface area contributed by atoms with Crippen LogP contribution in [-0.2, 0) is 11.2 Å². The highest BCUT2D eigenvalue weighted by Gasteiger charge is 2.10. The maximum Gasteiger partial charge on any atom is 0.257 e. The molecule has 0 aliphatic rings. The number of amides is 2. The van der Waals surface area contributed by atoms with E-state index in [9.17, 15) is 9.59 Å². The lowest BCUT2D eigenvalue weighted by Gasteiger charge is -2.12. The number of benzene rings is 2. The Kier molecular flexibility index (Phi) is 7.73. The van der Waals surface area contributed by atoms with E-state index in [4.69, 9.17) is 12.2 Å². The largest absolute Gasteiger partial charge is 0.349 e.